The van der Waals surface area contributed by atoms with Crippen molar-refractivity contribution in [3.8, 4) is 0 Å². The van der Waals surface area contributed by atoms with E-state index in [-0.39, 0.29) is 11.9 Å². The van der Waals surface area contributed by atoms with Crippen LogP contribution in [0.1, 0.15) is 29.9 Å². The lowest BCUT2D eigenvalue weighted by Gasteiger charge is -2.24. The fourth-order valence-electron chi connectivity index (χ4n) is 2.24. The summed E-state index contributed by atoms with van der Waals surface area (Å²) < 4.78 is 19.3. The first-order valence-corrected chi connectivity index (χ1v) is 6.77. The Morgan fingerprint density at radius 1 is 1.35 bits per heavy atom. The molecule has 0 fully saturated rings. The van der Waals surface area contributed by atoms with Crippen LogP contribution in [0.5, 0.6) is 0 Å². The van der Waals surface area contributed by atoms with Crippen molar-refractivity contribution >= 4 is 0 Å². The summed E-state index contributed by atoms with van der Waals surface area (Å²) in [6, 6.07) is 8.92. The van der Waals surface area contributed by atoms with Crippen molar-refractivity contribution < 1.29 is 8.81 Å². The topological polar surface area (TPSA) is 28.4 Å². The molecule has 1 heterocycles. The first kappa shape index (κ1) is 14.8. The van der Waals surface area contributed by atoms with Crippen LogP contribution in [-0.4, -0.2) is 19.0 Å². The molecule has 1 aromatic carbocycles. The molecule has 0 aliphatic carbocycles. The van der Waals surface area contributed by atoms with Gasteiger partial charge in [-0.25, -0.2) is 4.39 Å². The summed E-state index contributed by atoms with van der Waals surface area (Å²) in [5, 5.41) is 3.08. The summed E-state index contributed by atoms with van der Waals surface area (Å²) in [4.78, 5) is 2.07. The lowest BCUT2D eigenvalue weighted by atomic mass is 10.1. The molecule has 0 saturated heterocycles. The Hall–Kier alpha value is -1.65. The number of rotatable bonds is 6. The number of halogens is 1. The second kappa shape index (κ2) is 6.68. The Labute approximate surface area is 119 Å². The van der Waals surface area contributed by atoms with Gasteiger partial charge in [-0.15, -0.1) is 0 Å². The molecular weight excluding hydrogens is 255 g/mol. The molecule has 0 amide bonds. The summed E-state index contributed by atoms with van der Waals surface area (Å²) >= 11 is 0. The highest BCUT2D eigenvalue weighted by Crippen LogP contribution is 2.23. The van der Waals surface area contributed by atoms with Gasteiger partial charge in [-0.05, 0) is 33.2 Å². The molecular formula is C16H21FN2O. The first-order chi connectivity index (χ1) is 9.61. The molecule has 0 bridgehead atoms. The third-order valence-electron chi connectivity index (χ3n) is 3.51. The van der Waals surface area contributed by atoms with Crippen LogP contribution in [0.3, 0.4) is 0 Å². The summed E-state index contributed by atoms with van der Waals surface area (Å²) in [6.45, 7) is 3.44. The molecule has 0 aliphatic heterocycles. The smallest absolute Gasteiger partial charge is 0.127 e. The summed E-state index contributed by atoms with van der Waals surface area (Å²) in [6.07, 6.45) is 1.76. The third-order valence-corrected chi connectivity index (χ3v) is 3.51. The van der Waals surface area contributed by atoms with Gasteiger partial charge in [-0.2, -0.15) is 0 Å². The highest BCUT2D eigenvalue weighted by atomic mass is 19.1. The van der Waals surface area contributed by atoms with E-state index in [2.05, 4.69) is 10.2 Å². The maximum absolute atomic E-state index is 13.8. The Bertz CT molecular complexity index is 553. The lowest BCUT2D eigenvalue weighted by molar-refractivity contribution is 0.228. The van der Waals surface area contributed by atoms with E-state index < -0.39 is 0 Å². The van der Waals surface area contributed by atoms with Gasteiger partial charge < -0.3 is 9.73 Å². The number of furan rings is 1. The maximum atomic E-state index is 13.8. The number of hydrogen-bond acceptors (Lipinski definition) is 3. The Morgan fingerprint density at radius 3 is 2.80 bits per heavy atom. The Morgan fingerprint density at radius 2 is 2.10 bits per heavy atom. The van der Waals surface area contributed by atoms with Gasteiger partial charge in [0.2, 0.25) is 0 Å². The van der Waals surface area contributed by atoms with Crippen LogP contribution >= 0.6 is 0 Å². The van der Waals surface area contributed by atoms with E-state index in [0.29, 0.717) is 12.1 Å². The normalized spacial score (nSPS) is 12.8. The fourth-order valence-corrected chi connectivity index (χ4v) is 2.24. The molecule has 0 aliphatic rings. The zero-order valence-electron chi connectivity index (χ0n) is 12.2. The minimum atomic E-state index is -0.165. The number of nitrogens with zero attached hydrogens (tertiary/aromatic N) is 1. The van der Waals surface area contributed by atoms with Gasteiger partial charge in [0, 0.05) is 23.7 Å². The standard InChI is InChI=1S/C16H21FN2O/c1-12(15-6-4-5-7-16(15)17)19(3)10-14-8-13(9-18-2)11-20-14/h4-8,11-12,18H,9-10H2,1-3H3. The molecule has 108 valence electrons. The first-order valence-electron chi connectivity index (χ1n) is 6.77. The molecule has 2 rings (SSSR count). The molecule has 4 heteroatoms. The van der Waals surface area contributed by atoms with Crippen LogP contribution < -0.4 is 5.32 Å². The molecule has 3 nitrogen and oxygen atoms in total. The van der Waals surface area contributed by atoms with Crippen molar-refractivity contribution in [1.29, 1.82) is 0 Å². The highest BCUT2D eigenvalue weighted by Gasteiger charge is 2.16. The molecule has 0 radical (unpaired) electrons. The largest absolute Gasteiger partial charge is 0.468 e. The average molecular weight is 276 g/mol. The molecule has 1 aromatic heterocycles. The van der Waals surface area contributed by atoms with Crippen LogP contribution in [-0.2, 0) is 13.1 Å². The minimum absolute atomic E-state index is 0.00551. The van der Waals surface area contributed by atoms with Gasteiger partial charge in [0.1, 0.15) is 11.6 Å². The van der Waals surface area contributed by atoms with Crippen molar-refractivity contribution in [1.82, 2.24) is 10.2 Å². The van der Waals surface area contributed by atoms with Gasteiger partial charge in [0.25, 0.3) is 0 Å². The Kier molecular flexibility index (Phi) is 4.93. The number of hydrogen-bond donors (Lipinski definition) is 1. The van der Waals surface area contributed by atoms with Crippen molar-refractivity contribution in [2.45, 2.75) is 26.1 Å². The Balaban J connectivity index is 2.03. The van der Waals surface area contributed by atoms with Crippen LogP contribution in [0.25, 0.3) is 0 Å². The van der Waals surface area contributed by atoms with Gasteiger partial charge in [0.05, 0.1) is 12.8 Å². The van der Waals surface area contributed by atoms with Crippen LogP contribution in [0.15, 0.2) is 41.0 Å². The monoisotopic (exact) mass is 276 g/mol. The zero-order valence-corrected chi connectivity index (χ0v) is 12.2. The van der Waals surface area contributed by atoms with E-state index in [1.165, 1.54) is 6.07 Å². The van der Waals surface area contributed by atoms with E-state index in [4.69, 9.17) is 4.42 Å². The van der Waals surface area contributed by atoms with Gasteiger partial charge >= 0.3 is 0 Å². The van der Waals surface area contributed by atoms with Gasteiger partial charge in [-0.3, -0.25) is 4.90 Å². The molecule has 0 saturated carbocycles. The van der Waals surface area contributed by atoms with E-state index >= 15 is 0 Å². The fraction of sp³-hybridized carbons (Fsp3) is 0.375. The van der Waals surface area contributed by atoms with Gasteiger partial charge in [0.15, 0.2) is 0 Å². The molecule has 0 spiro atoms. The molecule has 1 atom stereocenters. The molecule has 20 heavy (non-hydrogen) atoms. The van der Waals surface area contributed by atoms with Gasteiger partial charge in [-0.1, -0.05) is 18.2 Å². The van der Waals surface area contributed by atoms with Crippen molar-refractivity contribution in [3.05, 3.63) is 59.3 Å². The van der Waals surface area contributed by atoms with E-state index in [1.54, 1.807) is 12.3 Å². The SMILES string of the molecule is CNCc1coc(CN(C)C(C)c2ccccc2F)c1. The van der Waals surface area contributed by atoms with Crippen molar-refractivity contribution in [3.63, 3.8) is 0 Å². The molecule has 2 aromatic rings. The minimum Gasteiger partial charge on any atom is -0.468 e. The van der Waals surface area contributed by atoms with Crippen LogP contribution in [0, 0.1) is 5.82 Å². The van der Waals surface area contributed by atoms with Crippen molar-refractivity contribution in [2.75, 3.05) is 14.1 Å². The predicted molar refractivity (Wildman–Crippen MR) is 77.8 cm³/mol. The molecule has 1 N–H and O–H groups in total. The third kappa shape index (κ3) is 3.46. The van der Waals surface area contributed by atoms with E-state index in [9.17, 15) is 4.39 Å². The summed E-state index contributed by atoms with van der Waals surface area (Å²) in [7, 11) is 3.87. The molecule has 1 unspecified atom stereocenters. The zero-order chi connectivity index (χ0) is 14.5. The van der Waals surface area contributed by atoms with Crippen molar-refractivity contribution in [2.24, 2.45) is 0 Å². The number of nitrogens with one attached hydrogen (secondary N) is 1. The quantitative estimate of drug-likeness (QED) is 0.877. The van der Waals surface area contributed by atoms with E-state index in [1.807, 2.05) is 39.2 Å². The summed E-state index contributed by atoms with van der Waals surface area (Å²) in [5.74, 6) is 0.725. The maximum Gasteiger partial charge on any atom is 0.127 e. The summed E-state index contributed by atoms with van der Waals surface area (Å²) in [5.41, 5.74) is 1.83. The average Bonchev–Trinajstić information content (AvgIpc) is 2.86. The second-order valence-corrected chi connectivity index (χ2v) is 5.06. The van der Waals surface area contributed by atoms with E-state index in [0.717, 1.165) is 17.9 Å². The predicted octanol–water partition coefficient (Wildman–Crippen LogP) is 3.33. The number of benzene rings is 1. The highest BCUT2D eigenvalue weighted by molar-refractivity contribution is 5.21. The van der Waals surface area contributed by atoms with Crippen LogP contribution in [0.2, 0.25) is 0 Å². The second-order valence-electron chi connectivity index (χ2n) is 5.06. The van der Waals surface area contributed by atoms with Crippen LogP contribution in [0.4, 0.5) is 4.39 Å². The lowest BCUT2D eigenvalue weighted by Crippen LogP contribution is -2.22.